The topological polar surface area (TPSA) is 62.3 Å². The lowest BCUT2D eigenvalue weighted by Crippen LogP contribution is -2.47. The Labute approximate surface area is 131 Å². The molecule has 0 spiro atoms. The number of anilines is 1. The van der Waals surface area contributed by atoms with Crippen molar-refractivity contribution < 1.29 is 8.42 Å². The lowest BCUT2D eigenvalue weighted by Gasteiger charge is -2.35. The molecule has 0 aliphatic carbocycles. The summed E-state index contributed by atoms with van der Waals surface area (Å²) >= 11 is 0. The van der Waals surface area contributed by atoms with Gasteiger partial charge in [-0.3, -0.25) is 4.98 Å². The van der Waals surface area contributed by atoms with Crippen LogP contribution in [0.1, 0.15) is 18.5 Å². The molecule has 0 amide bonds. The number of rotatable bonds is 3. The molecule has 0 unspecified atom stereocenters. The molecule has 3 rings (SSSR count). The molecule has 1 saturated heterocycles. The third-order valence-electron chi connectivity index (χ3n) is 3.97. The van der Waals surface area contributed by atoms with Crippen molar-refractivity contribution in [3.63, 3.8) is 0 Å². The van der Waals surface area contributed by atoms with E-state index in [0.29, 0.717) is 6.54 Å². The van der Waals surface area contributed by atoms with Gasteiger partial charge < -0.3 is 4.90 Å². The molecule has 1 aliphatic heterocycles. The molecule has 2 aromatic rings. The quantitative estimate of drug-likeness (QED) is 0.940. The number of fused-ring (bicyclic) bond motifs is 1. The Hall–Kier alpha value is -1.66. The second-order valence-electron chi connectivity index (χ2n) is 5.98. The maximum absolute atomic E-state index is 11.5. The molecule has 22 heavy (non-hydrogen) atoms. The SMILES string of the molecule is Cc1cc(N2CCC[C@H](NS(C)(=O)=O)C2)c2ccccc2n1. The summed E-state index contributed by atoms with van der Waals surface area (Å²) < 4.78 is 25.7. The van der Waals surface area contributed by atoms with Crippen LogP contribution in [0.3, 0.4) is 0 Å². The maximum Gasteiger partial charge on any atom is 0.209 e. The van der Waals surface area contributed by atoms with Crippen LogP contribution in [-0.4, -0.2) is 38.8 Å². The van der Waals surface area contributed by atoms with E-state index in [1.165, 1.54) is 6.26 Å². The van der Waals surface area contributed by atoms with Gasteiger partial charge in [0.15, 0.2) is 0 Å². The molecule has 0 radical (unpaired) electrons. The number of aryl methyl sites for hydroxylation is 1. The Kier molecular flexibility index (Phi) is 4.06. The van der Waals surface area contributed by atoms with Crippen LogP contribution < -0.4 is 9.62 Å². The molecule has 1 N–H and O–H groups in total. The predicted molar refractivity (Wildman–Crippen MR) is 89.7 cm³/mol. The highest BCUT2D eigenvalue weighted by Gasteiger charge is 2.23. The predicted octanol–water partition coefficient (Wildman–Crippen LogP) is 2.06. The minimum absolute atomic E-state index is 0.0315. The first-order valence-electron chi connectivity index (χ1n) is 7.51. The number of aromatic nitrogens is 1. The molecule has 0 bridgehead atoms. The normalized spacial score (nSPS) is 19.5. The zero-order valence-electron chi connectivity index (χ0n) is 12.9. The van der Waals surface area contributed by atoms with Gasteiger partial charge in [-0.1, -0.05) is 18.2 Å². The third-order valence-corrected chi connectivity index (χ3v) is 4.73. The summed E-state index contributed by atoms with van der Waals surface area (Å²) in [7, 11) is -3.17. The Balaban J connectivity index is 1.93. The number of nitrogens with zero attached hydrogens (tertiary/aromatic N) is 2. The molecule has 1 aromatic carbocycles. The zero-order valence-corrected chi connectivity index (χ0v) is 13.7. The maximum atomic E-state index is 11.5. The van der Waals surface area contributed by atoms with Gasteiger partial charge in [0, 0.05) is 35.9 Å². The standard InChI is InChI=1S/C16H21N3O2S/c1-12-10-16(14-7-3-4-8-15(14)17-12)19-9-5-6-13(11-19)18-22(2,20)21/h3-4,7-8,10,13,18H,5-6,9,11H2,1-2H3/t13-/m0/s1. The summed E-state index contributed by atoms with van der Waals surface area (Å²) in [6.07, 6.45) is 3.08. The van der Waals surface area contributed by atoms with E-state index in [1.54, 1.807) is 0 Å². The molecule has 5 nitrogen and oxygen atoms in total. The van der Waals surface area contributed by atoms with Crippen LogP contribution in [0.2, 0.25) is 0 Å². The van der Waals surface area contributed by atoms with E-state index in [9.17, 15) is 8.42 Å². The fourth-order valence-electron chi connectivity index (χ4n) is 3.14. The lowest BCUT2D eigenvalue weighted by atomic mass is 10.0. The largest absolute Gasteiger partial charge is 0.369 e. The summed E-state index contributed by atoms with van der Waals surface area (Å²) in [4.78, 5) is 6.84. The highest BCUT2D eigenvalue weighted by atomic mass is 32.2. The summed E-state index contributed by atoms with van der Waals surface area (Å²) in [6.45, 7) is 3.63. The molecule has 0 saturated carbocycles. The number of hydrogen-bond acceptors (Lipinski definition) is 4. The van der Waals surface area contributed by atoms with E-state index in [2.05, 4.69) is 26.7 Å². The summed E-state index contributed by atoms with van der Waals surface area (Å²) in [5.41, 5.74) is 3.10. The Morgan fingerprint density at radius 3 is 2.86 bits per heavy atom. The summed E-state index contributed by atoms with van der Waals surface area (Å²) in [5, 5.41) is 1.12. The first-order chi connectivity index (χ1) is 10.4. The van der Waals surface area contributed by atoms with E-state index >= 15 is 0 Å². The van der Waals surface area contributed by atoms with Crippen LogP contribution in [-0.2, 0) is 10.0 Å². The molecule has 6 heteroatoms. The van der Waals surface area contributed by atoms with Crippen molar-refractivity contribution in [1.82, 2.24) is 9.71 Å². The van der Waals surface area contributed by atoms with Gasteiger partial charge in [-0.2, -0.15) is 0 Å². The van der Waals surface area contributed by atoms with Gasteiger partial charge in [-0.15, -0.1) is 0 Å². The third kappa shape index (κ3) is 3.39. The smallest absolute Gasteiger partial charge is 0.209 e. The van der Waals surface area contributed by atoms with Gasteiger partial charge in [-0.05, 0) is 31.9 Å². The fraction of sp³-hybridized carbons (Fsp3) is 0.438. The lowest BCUT2D eigenvalue weighted by molar-refractivity contribution is 0.468. The van der Waals surface area contributed by atoms with E-state index in [-0.39, 0.29) is 6.04 Å². The van der Waals surface area contributed by atoms with Crippen molar-refractivity contribution in [3.05, 3.63) is 36.0 Å². The number of hydrogen-bond donors (Lipinski definition) is 1. The van der Waals surface area contributed by atoms with Gasteiger partial charge >= 0.3 is 0 Å². The van der Waals surface area contributed by atoms with Crippen LogP contribution in [0, 0.1) is 6.92 Å². The van der Waals surface area contributed by atoms with E-state index in [1.807, 2.05) is 25.1 Å². The van der Waals surface area contributed by atoms with Crippen LogP contribution in [0.4, 0.5) is 5.69 Å². The Morgan fingerprint density at radius 1 is 1.32 bits per heavy atom. The molecule has 2 heterocycles. The molecule has 1 aromatic heterocycles. The number of piperidine rings is 1. The fourth-order valence-corrected chi connectivity index (χ4v) is 3.94. The van der Waals surface area contributed by atoms with Crippen molar-refractivity contribution >= 4 is 26.6 Å². The molecule has 118 valence electrons. The molecule has 1 atom stereocenters. The molecular weight excluding hydrogens is 298 g/mol. The first-order valence-corrected chi connectivity index (χ1v) is 9.40. The van der Waals surface area contributed by atoms with Crippen LogP contribution in [0.25, 0.3) is 10.9 Å². The number of para-hydroxylation sites is 1. The number of benzene rings is 1. The molecule has 1 aliphatic rings. The van der Waals surface area contributed by atoms with Crippen LogP contribution in [0.5, 0.6) is 0 Å². The highest BCUT2D eigenvalue weighted by Crippen LogP contribution is 2.29. The first kappa shape index (κ1) is 15.2. The van der Waals surface area contributed by atoms with Crippen molar-refractivity contribution in [3.8, 4) is 0 Å². The van der Waals surface area contributed by atoms with Gasteiger partial charge in [-0.25, -0.2) is 13.1 Å². The molecule has 1 fully saturated rings. The number of sulfonamides is 1. The average molecular weight is 319 g/mol. The second kappa shape index (κ2) is 5.85. The number of pyridine rings is 1. The van der Waals surface area contributed by atoms with Crippen LogP contribution in [0.15, 0.2) is 30.3 Å². The number of nitrogens with one attached hydrogen (secondary N) is 1. The van der Waals surface area contributed by atoms with E-state index in [0.717, 1.165) is 41.7 Å². The minimum Gasteiger partial charge on any atom is -0.369 e. The minimum atomic E-state index is -3.17. The van der Waals surface area contributed by atoms with Crippen molar-refractivity contribution in [2.75, 3.05) is 24.2 Å². The Morgan fingerprint density at radius 2 is 2.09 bits per heavy atom. The Bertz CT molecular complexity index is 789. The van der Waals surface area contributed by atoms with Gasteiger partial charge in [0.2, 0.25) is 10.0 Å². The highest BCUT2D eigenvalue weighted by molar-refractivity contribution is 7.88. The van der Waals surface area contributed by atoms with Gasteiger partial charge in [0.05, 0.1) is 11.8 Å². The van der Waals surface area contributed by atoms with E-state index in [4.69, 9.17) is 0 Å². The summed E-state index contributed by atoms with van der Waals surface area (Å²) in [6, 6.07) is 10.1. The average Bonchev–Trinajstić information content (AvgIpc) is 2.45. The van der Waals surface area contributed by atoms with Crippen molar-refractivity contribution in [2.24, 2.45) is 0 Å². The van der Waals surface area contributed by atoms with Crippen LogP contribution >= 0.6 is 0 Å². The van der Waals surface area contributed by atoms with E-state index < -0.39 is 10.0 Å². The van der Waals surface area contributed by atoms with Crippen molar-refractivity contribution in [2.45, 2.75) is 25.8 Å². The van der Waals surface area contributed by atoms with Gasteiger partial charge in [0.25, 0.3) is 0 Å². The summed E-state index contributed by atoms with van der Waals surface area (Å²) in [5.74, 6) is 0. The monoisotopic (exact) mass is 319 g/mol. The zero-order chi connectivity index (χ0) is 15.7. The molecular formula is C16H21N3O2S. The second-order valence-corrected chi connectivity index (χ2v) is 7.76. The van der Waals surface area contributed by atoms with Gasteiger partial charge in [0.1, 0.15) is 0 Å². The van der Waals surface area contributed by atoms with Crippen molar-refractivity contribution in [1.29, 1.82) is 0 Å².